The molecule has 5 rings (SSSR count). The number of ether oxygens (including phenoxy) is 1. The molecule has 0 N–H and O–H groups in total. The van der Waals surface area contributed by atoms with Crippen LogP contribution in [0.4, 0.5) is 35.1 Å². The van der Waals surface area contributed by atoms with Crippen molar-refractivity contribution in [3.63, 3.8) is 0 Å². The Labute approximate surface area is 282 Å². The van der Waals surface area contributed by atoms with Gasteiger partial charge < -0.3 is 4.74 Å². The van der Waals surface area contributed by atoms with Gasteiger partial charge in [-0.15, -0.1) is 0 Å². The van der Waals surface area contributed by atoms with Crippen LogP contribution in [0.15, 0.2) is 66.7 Å². The molecule has 0 spiro atoms. The molecule has 4 aromatic rings. The van der Waals surface area contributed by atoms with Crippen LogP contribution in [0.25, 0.3) is 11.1 Å². The van der Waals surface area contributed by atoms with Gasteiger partial charge in [0, 0.05) is 12.1 Å². The van der Waals surface area contributed by atoms with Crippen LogP contribution < -0.4 is 4.74 Å². The Kier molecular flexibility index (Phi) is 12.0. The van der Waals surface area contributed by atoms with Gasteiger partial charge in [-0.1, -0.05) is 69.0 Å². The van der Waals surface area contributed by atoms with E-state index in [1.54, 1.807) is 6.07 Å². The molecule has 0 radical (unpaired) electrons. The number of hydrogen-bond acceptors (Lipinski definition) is 1. The summed E-state index contributed by atoms with van der Waals surface area (Å²) in [6.07, 6.45) is 6.94. The number of rotatable bonds is 14. The van der Waals surface area contributed by atoms with Crippen LogP contribution in [0.2, 0.25) is 0 Å². The van der Waals surface area contributed by atoms with Crippen molar-refractivity contribution in [2.24, 2.45) is 5.92 Å². The van der Waals surface area contributed by atoms with Gasteiger partial charge >= 0.3 is 6.11 Å². The highest BCUT2D eigenvalue weighted by molar-refractivity contribution is 5.64. The first-order chi connectivity index (χ1) is 23.4. The molecule has 0 amide bonds. The second-order valence-corrected chi connectivity index (χ2v) is 13.1. The fourth-order valence-corrected chi connectivity index (χ4v) is 6.83. The Morgan fingerprint density at radius 2 is 1.24 bits per heavy atom. The van der Waals surface area contributed by atoms with E-state index in [-0.39, 0.29) is 29.9 Å². The van der Waals surface area contributed by atoms with Gasteiger partial charge in [-0.2, -0.15) is 8.78 Å². The zero-order chi connectivity index (χ0) is 35.1. The third kappa shape index (κ3) is 9.22. The third-order valence-electron chi connectivity index (χ3n) is 9.59. The zero-order valence-electron chi connectivity index (χ0n) is 27.4. The number of aryl methyl sites for hydroxylation is 2. The average molecular weight is 689 g/mol. The molecule has 1 fully saturated rings. The summed E-state index contributed by atoms with van der Waals surface area (Å²) in [5, 5.41) is 0. The van der Waals surface area contributed by atoms with Crippen molar-refractivity contribution >= 4 is 0 Å². The van der Waals surface area contributed by atoms with Gasteiger partial charge in [0.2, 0.25) is 0 Å². The molecule has 0 atom stereocenters. The highest BCUT2D eigenvalue weighted by Crippen LogP contribution is 2.39. The van der Waals surface area contributed by atoms with Crippen LogP contribution in [0, 0.1) is 40.8 Å². The smallest absolute Gasteiger partial charge is 0.429 e. The van der Waals surface area contributed by atoms with Crippen LogP contribution in [0.3, 0.4) is 0 Å². The first kappa shape index (κ1) is 36.4. The normalized spacial score (nSPS) is 16.6. The molecule has 1 nitrogen and oxygen atoms in total. The van der Waals surface area contributed by atoms with E-state index in [4.69, 9.17) is 0 Å². The summed E-state index contributed by atoms with van der Waals surface area (Å²) in [6, 6.07) is 15.2. The third-order valence-corrected chi connectivity index (χ3v) is 9.59. The maximum Gasteiger partial charge on any atom is 0.432 e. The van der Waals surface area contributed by atoms with Gasteiger partial charge in [0.1, 0.15) is 28.8 Å². The molecule has 0 unspecified atom stereocenters. The largest absolute Gasteiger partial charge is 0.432 e. The second-order valence-electron chi connectivity index (χ2n) is 13.1. The van der Waals surface area contributed by atoms with Crippen molar-refractivity contribution in [2.45, 2.75) is 96.0 Å². The minimum Gasteiger partial charge on any atom is -0.429 e. The van der Waals surface area contributed by atoms with Gasteiger partial charge in [0.05, 0.1) is 0 Å². The standard InChI is InChI=1S/C40H40F8O/c1-2-3-4-7-25-10-12-27(13-11-25)28-14-16-29(17-15-28)31-19-18-30(33(41)22-31)9-6-5-8-26-20-34(42)38(35(43)21-26)40(47,48)49-32-23-36(44)39(46)37(45)24-32/h14-25,27H,2-13H2,1H3. The Balaban J connectivity index is 1.12. The predicted molar refractivity (Wildman–Crippen MR) is 175 cm³/mol. The quantitative estimate of drug-likeness (QED) is 0.0728. The minimum absolute atomic E-state index is 0.0905. The lowest BCUT2D eigenvalue weighted by molar-refractivity contribution is -0.189. The monoisotopic (exact) mass is 688 g/mol. The summed E-state index contributed by atoms with van der Waals surface area (Å²) >= 11 is 0. The Morgan fingerprint density at radius 3 is 1.86 bits per heavy atom. The van der Waals surface area contributed by atoms with Gasteiger partial charge in [-0.05, 0) is 109 Å². The van der Waals surface area contributed by atoms with Crippen LogP contribution in [-0.4, -0.2) is 0 Å². The van der Waals surface area contributed by atoms with Gasteiger partial charge in [0.25, 0.3) is 0 Å². The molecule has 0 aliphatic heterocycles. The van der Waals surface area contributed by atoms with Crippen molar-refractivity contribution in [1.29, 1.82) is 0 Å². The number of hydrogen-bond donors (Lipinski definition) is 0. The molecular weight excluding hydrogens is 648 g/mol. The predicted octanol–water partition coefficient (Wildman–Crippen LogP) is 12.7. The number of benzene rings is 4. The molecule has 9 heteroatoms. The second kappa shape index (κ2) is 16.2. The van der Waals surface area contributed by atoms with Gasteiger partial charge in [-0.25, -0.2) is 26.3 Å². The fourth-order valence-electron chi connectivity index (χ4n) is 6.83. The van der Waals surface area contributed by atoms with Crippen molar-refractivity contribution in [2.75, 3.05) is 0 Å². The minimum atomic E-state index is -4.65. The van der Waals surface area contributed by atoms with E-state index >= 15 is 4.39 Å². The maximum atomic E-state index is 15.0. The average Bonchev–Trinajstić information content (AvgIpc) is 3.06. The molecule has 262 valence electrons. The lowest BCUT2D eigenvalue weighted by atomic mass is 9.77. The highest BCUT2D eigenvalue weighted by Gasteiger charge is 2.41. The van der Waals surface area contributed by atoms with Crippen molar-refractivity contribution in [1.82, 2.24) is 0 Å². The topological polar surface area (TPSA) is 9.23 Å². The lowest BCUT2D eigenvalue weighted by Crippen LogP contribution is -2.25. The van der Waals surface area contributed by atoms with Crippen molar-refractivity contribution in [3.8, 4) is 16.9 Å². The molecule has 1 aliphatic rings. The molecule has 1 aliphatic carbocycles. The molecule has 1 saturated carbocycles. The summed E-state index contributed by atoms with van der Waals surface area (Å²) in [6.45, 7) is 2.24. The summed E-state index contributed by atoms with van der Waals surface area (Å²) in [5.41, 5.74) is 1.87. The van der Waals surface area contributed by atoms with E-state index in [1.165, 1.54) is 63.0 Å². The Bertz CT molecular complexity index is 1660. The molecule has 49 heavy (non-hydrogen) atoms. The summed E-state index contributed by atoms with van der Waals surface area (Å²) in [7, 11) is 0. The fraction of sp³-hybridized carbons (Fsp3) is 0.400. The van der Waals surface area contributed by atoms with Crippen LogP contribution in [0.5, 0.6) is 5.75 Å². The van der Waals surface area contributed by atoms with Crippen LogP contribution >= 0.6 is 0 Å². The van der Waals surface area contributed by atoms with E-state index in [0.717, 1.165) is 29.2 Å². The first-order valence-corrected chi connectivity index (χ1v) is 17.0. The Morgan fingerprint density at radius 1 is 0.633 bits per heavy atom. The lowest BCUT2D eigenvalue weighted by Gasteiger charge is -2.29. The van der Waals surface area contributed by atoms with E-state index < -0.39 is 46.5 Å². The molecular formula is C40H40F8O. The molecule has 0 heterocycles. The molecule has 0 bridgehead atoms. The molecule has 0 aromatic heterocycles. The zero-order valence-corrected chi connectivity index (χ0v) is 27.4. The van der Waals surface area contributed by atoms with E-state index in [1.807, 2.05) is 18.2 Å². The number of halogens is 8. The summed E-state index contributed by atoms with van der Waals surface area (Å²) in [5.74, 6) is -8.84. The van der Waals surface area contributed by atoms with Crippen molar-refractivity contribution in [3.05, 3.63) is 124 Å². The first-order valence-electron chi connectivity index (χ1n) is 17.0. The molecule has 0 saturated heterocycles. The van der Waals surface area contributed by atoms with Crippen molar-refractivity contribution < 1.29 is 39.9 Å². The Hall–Kier alpha value is -3.88. The van der Waals surface area contributed by atoms with Crippen LogP contribution in [0.1, 0.15) is 99.3 Å². The van der Waals surface area contributed by atoms with Crippen LogP contribution in [-0.2, 0) is 19.0 Å². The number of unbranched alkanes of at least 4 members (excludes halogenated alkanes) is 3. The van der Waals surface area contributed by atoms with E-state index in [0.29, 0.717) is 30.7 Å². The van der Waals surface area contributed by atoms with Gasteiger partial charge in [0.15, 0.2) is 17.5 Å². The summed E-state index contributed by atoms with van der Waals surface area (Å²) in [4.78, 5) is 0. The number of alkyl halides is 2. The SMILES string of the molecule is CCCCCC1CCC(c2ccc(-c3ccc(CCCCc4cc(F)c(C(F)(F)Oc5cc(F)c(F)c(F)c5)c(F)c4)c(F)c3)cc2)CC1. The summed E-state index contributed by atoms with van der Waals surface area (Å²) < 4.78 is 118. The van der Waals surface area contributed by atoms with E-state index in [2.05, 4.69) is 23.8 Å². The molecule has 4 aromatic carbocycles. The van der Waals surface area contributed by atoms with E-state index in [9.17, 15) is 30.7 Å². The highest BCUT2D eigenvalue weighted by atomic mass is 19.3. The maximum absolute atomic E-state index is 15.0. The van der Waals surface area contributed by atoms with Gasteiger partial charge in [-0.3, -0.25) is 0 Å².